The summed E-state index contributed by atoms with van der Waals surface area (Å²) in [6, 6.07) is 7.48. The molecule has 2 fully saturated rings. The SMILES string of the molecule is CC(C)(C)C1CCCCC1NC(=O)c1ccc(N2CCNC2=O)cc1. The average Bonchev–Trinajstić information content (AvgIpc) is 3.00. The van der Waals surface area contributed by atoms with Gasteiger partial charge in [-0.1, -0.05) is 33.6 Å². The third kappa shape index (κ3) is 3.97. The summed E-state index contributed by atoms with van der Waals surface area (Å²) in [4.78, 5) is 26.1. The molecule has 1 aromatic carbocycles. The van der Waals surface area contributed by atoms with Gasteiger partial charge < -0.3 is 10.6 Å². The normalized spacial score (nSPS) is 24.1. The van der Waals surface area contributed by atoms with E-state index < -0.39 is 0 Å². The molecule has 2 N–H and O–H groups in total. The lowest BCUT2D eigenvalue weighted by atomic mass is 9.69. The van der Waals surface area contributed by atoms with Gasteiger partial charge in [0.25, 0.3) is 5.91 Å². The Balaban J connectivity index is 1.67. The first-order valence-corrected chi connectivity index (χ1v) is 9.32. The summed E-state index contributed by atoms with van der Waals surface area (Å²) in [5, 5.41) is 6.04. The van der Waals surface area contributed by atoms with Crippen LogP contribution in [0.5, 0.6) is 0 Å². The fourth-order valence-electron chi connectivity index (χ4n) is 4.10. The number of nitrogens with zero attached hydrogens (tertiary/aromatic N) is 1. The van der Waals surface area contributed by atoms with Crippen molar-refractivity contribution in [1.29, 1.82) is 0 Å². The van der Waals surface area contributed by atoms with Crippen molar-refractivity contribution < 1.29 is 9.59 Å². The van der Waals surface area contributed by atoms with E-state index in [9.17, 15) is 9.59 Å². The van der Waals surface area contributed by atoms with Crippen molar-refractivity contribution in [3.05, 3.63) is 29.8 Å². The second-order valence-corrected chi connectivity index (χ2v) is 8.27. The molecule has 1 saturated carbocycles. The summed E-state index contributed by atoms with van der Waals surface area (Å²) in [5.41, 5.74) is 1.68. The van der Waals surface area contributed by atoms with E-state index in [2.05, 4.69) is 31.4 Å². The fourth-order valence-corrected chi connectivity index (χ4v) is 4.10. The minimum absolute atomic E-state index is 0.0152. The van der Waals surface area contributed by atoms with Crippen LogP contribution in [0, 0.1) is 11.3 Å². The summed E-state index contributed by atoms with van der Waals surface area (Å²) < 4.78 is 0. The molecule has 25 heavy (non-hydrogen) atoms. The zero-order valence-electron chi connectivity index (χ0n) is 15.5. The number of anilines is 1. The van der Waals surface area contributed by atoms with E-state index >= 15 is 0 Å². The van der Waals surface area contributed by atoms with Crippen LogP contribution >= 0.6 is 0 Å². The van der Waals surface area contributed by atoms with Crippen molar-refractivity contribution in [1.82, 2.24) is 10.6 Å². The molecule has 5 heteroatoms. The smallest absolute Gasteiger partial charge is 0.321 e. The maximum Gasteiger partial charge on any atom is 0.321 e. The second kappa shape index (κ2) is 7.06. The van der Waals surface area contributed by atoms with Crippen LogP contribution in [0.2, 0.25) is 0 Å². The van der Waals surface area contributed by atoms with Crippen molar-refractivity contribution in [3.8, 4) is 0 Å². The van der Waals surface area contributed by atoms with Crippen molar-refractivity contribution in [2.24, 2.45) is 11.3 Å². The highest BCUT2D eigenvalue weighted by Crippen LogP contribution is 2.38. The molecule has 3 rings (SSSR count). The molecule has 1 aliphatic heterocycles. The van der Waals surface area contributed by atoms with Crippen LogP contribution in [-0.2, 0) is 0 Å². The molecule has 1 heterocycles. The number of carbonyl (C=O) groups is 2. The van der Waals surface area contributed by atoms with Crippen LogP contribution in [0.15, 0.2) is 24.3 Å². The van der Waals surface area contributed by atoms with E-state index in [1.165, 1.54) is 19.3 Å². The number of amides is 3. The first kappa shape index (κ1) is 17.8. The van der Waals surface area contributed by atoms with Gasteiger partial charge in [-0.2, -0.15) is 0 Å². The van der Waals surface area contributed by atoms with E-state index in [-0.39, 0.29) is 23.4 Å². The Morgan fingerprint density at radius 3 is 2.44 bits per heavy atom. The van der Waals surface area contributed by atoms with Crippen molar-refractivity contribution in [3.63, 3.8) is 0 Å². The van der Waals surface area contributed by atoms with Crippen molar-refractivity contribution >= 4 is 17.6 Å². The standard InChI is InChI=1S/C20H29N3O2/c1-20(2,3)16-6-4-5-7-17(16)22-18(24)14-8-10-15(11-9-14)23-13-12-21-19(23)25/h8-11,16-17H,4-7,12-13H2,1-3H3,(H,21,25)(H,22,24). The molecule has 0 aromatic heterocycles. The lowest BCUT2D eigenvalue weighted by Gasteiger charge is -2.40. The molecular formula is C20H29N3O2. The Morgan fingerprint density at radius 2 is 1.84 bits per heavy atom. The summed E-state index contributed by atoms with van der Waals surface area (Å²) in [5.74, 6) is 0.497. The molecule has 0 radical (unpaired) electrons. The monoisotopic (exact) mass is 343 g/mol. The molecule has 2 aliphatic rings. The van der Waals surface area contributed by atoms with Gasteiger partial charge >= 0.3 is 6.03 Å². The molecule has 0 spiro atoms. The van der Waals surface area contributed by atoms with E-state index in [1.807, 2.05) is 24.3 Å². The first-order valence-electron chi connectivity index (χ1n) is 9.32. The Labute approximate surface area is 150 Å². The number of rotatable bonds is 3. The van der Waals surface area contributed by atoms with Crippen LogP contribution in [0.25, 0.3) is 0 Å². The third-order valence-corrected chi connectivity index (χ3v) is 5.49. The number of carbonyl (C=O) groups excluding carboxylic acids is 2. The van der Waals surface area contributed by atoms with Gasteiger partial charge in [0, 0.05) is 30.4 Å². The van der Waals surface area contributed by atoms with Gasteiger partial charge in [0.1, 0.15) is 0 Å². The average molecular weight is 343 g/mol. The second-order valence-electron chi connectivity index (χ2n) is 8.27. The highest BCUT2D eigenvalue weighted by molar-refractivity contribution is 5.97. The maximum atomic E-state index is 12.7. The molecule has 1 saturated heterocycles. The molecule has 5 nitrogen and oxygen atoms in total. The Morgan fingerprint density at radius 1 is 1.16 bits per heavy atom. The summed E-state index contributed by atoms with van der Waals surface area (Å²) >= 11 is 0. The Bertz CT molecular complexity index is 633. The summed E-state index contributed by atoms with van der Waals surface area (Å²) in [6.45, 7) is 8.12. The fraction of sp³-hybridized carbons (Fsp3) is 0.600. The van der Waals surface area contributed by atoms with Gasteiger partial charge in [-0.3, -0.25) is 9.69 Å². The van der Waals surface area contributed by atoms with E-state index in [0.717, 1.165) is 12.1 Å². The van der Waals surface area contributed by atoms with Gasteiger partial charge in [0.2, 0.25) is 0 Å². The lowest BCUT2D eigenvalue weighted by molar-refractivity contribution is 0.0830. The molecule has 3 amide bonds. The molecule has 1 aromatic rings. The minimum Gasteiger partial charge on any atom is -0.349 e. The number of nitrogens with one attached hydrogen (secondary N) is 2. The maximum absolute atomic E-state index is 12.7. The van der Waals surface area contributed by atoms with Crippen LogP contribution in [0.3, 0.4) is 0 Å². The van der Waals surface area contributed by atoms with Crippen molar-refractivity contribution in [2.45, 2.75) is 52.5 Å². The molecule has 136 valence electrons. The van der Waals surface area contributed by atoms with Gasteiger partial charge in [0.05, 0.1) is 0 Å². The van der Waals surface area contributed by atoms with Gasteiger partial charge in [-0.25, -0.2) is 4.79 Å². The van der Waals surface area contributed by atoms with Crippen LogP contribution in [0.1, 0.15) is 56.8 Å². The van der Waals surface area contributed by atoms with Gasteiger partial charge in [0.15, 0.2) is 0 Å². The Kier molecular flexibility index (Phi) is 5.02. The molecule has 0 bridgehead atoms. The van der Waals surface area contributed by atoms with Crippen molar-refractivity contribution in [2.75, 3.05) is 18.0 Å². The molecule has 2 unspecified atom stereocenters. The van der Waals surface area contributed by atoms with Crippen LogP contribution in [0.4, 0.5) is 10.5 Å². The van der Waals surface area contributed by atoms with Gasteiger partial charge in [-0.15, -0.1) is 0 Å². The highest BCUT2D eigenvalue weighted by Gasteiger charge is 2.35. The van der Waals surface area contributed by atoms with E-state index in [0.29, 0.717) is 24.6 Å². The predicted octanol–water partition coefficient (Wildman–Crippen LogP) is 3.55. The highest BCUT2D eigenvalue weighted by atomic mass is 16.2. The zero-order valence-corrected chi connectivity index (χ0v) is 15.5. The number of hydrogen-bond donors (Lipinski definition) is 2. The largest absolute Gasteiger partial charge is 0.349 e. The minimum atomic E-state index is -0.0765. The summed E-state index contributed by atoms with van der Waals surface area (Å²) in [7, 11) is 0. The predicted molar refractivity (Wildman–Crippen MR) is 99.9 cm³/mol. The first-order chi connectivity index (χ1) is 11.9. The van der Waals surface area contributed by atoms with Crippen LogP contribution in [-0.4, -0.2) is 31.1 Å². The van der Waals surface area contributed by atoms with E-state index in [4.69, 9.17) is 0 Å². The third-order valence-electron chi connectivity index (χ3n) is 5.49. The number of benzene rings is 1. The lowest BCUT2D eigenvalue weighted by Crippen LogP contribution is -2.46. The van der Waals surface area contributed by atoms with Gasteiger partial charge in [-0.05, 0) is 48.4 Å². The molecular weight excluding hydrogens is 314 g/mol. The number of hydrogen-bond acceptors (Lipinski definition) is 2. The topological polar surface area (TPSA) is 61.4 Å². The number of urea groups is 1. The molecule has 2 atom stereocenters. The zero-order chi connectivity index (χ0) is 18.0. The van der Waals surface area contributed by atoms with E-state index in [1.54, 1.807) is 4.90 Å². The summed E-state index contributed by atoms with van der Waals surface area (Å²) in [6.07, 6.45) is 4.67. The Hall–Kier alpha value is -2.04. The quantitative estimate of drug-likeness (QED) is 0.882. The van der Waals surface area contributed by atoms with Crippen LogP contribution < -0.4 is 15.5 Å². The molecule has 1 aliphatic carbocycles.